The monoisotopic (exact) mass is 223 g/mol. The van der Waals surface area contributed by atoms with E-state index in [4.69, 9.17) is 5.11 Å². The van der Waals surface area contributed by atoms with Gasteiger partial charge in [0.1, 0.15) is 10.4 Å². The second kappa shape index (κ2) is 3.94. The van der Waals surface area contributed by atoms with Gasteiger partial charge in [-0.25, -0.2) is 0 Å². The predicted octanol–water partition coefficient (Wildman–Crippen LogP) is 2.71. The average Bonchev–Trinajstić information content (AvgIpc) is 2.67. The van der Waals surface area contributed by atoms with Crippen molar-refractivity contribution in [3.8, 4) is 16.2 Å². The van der Waals surface area contributed by atoms with Crippen molar-refractivity contribution in [3.63, 3.8) is 0 Å². The summed E-state index contributed by atoms with van der Waals surface area (Å²) in [4.78, 5) is 5.30. The van der Waals surface area contributed by atoms with E-state index in [1.54, 1.807) is 39.9 Å². The number of benzene rings is 1. The van der Waals surface area contributed by atoms with Gasteiger partial charge in [0.15, 0.2) is 0 Å². The number of rotatable bonds is 1. The number of phenols is 1. The highest BCUT2D eigenvalue weighted by Gasteiger charge is 1.99. The van der Waals surface area contributed by atoms with E-state index >= 15 is 0 Å². The molecular formula is C10H9NOS2. The molecule has 0 aliphatic rings. The Bertz CT molecular complexity index is 481. The third-order valence-corrected chi connectivity index (χ3v) is 4.23. The number of hydrogen-bond donors (Lipinski definition) is 1. The van der Waals surface area contributed by atoms with Crippen molar-refractivity contribution in [2.45, 2.75) is 0 Å². The second-order valence-electron chi connectivity index (χ2n) is 2.78. The highest BCUT2D eigenvalue weighted by atomic mass is 32.9. The summed E-state index contributed by atoms with van der Waals surface area (Å²) in [7, 11) is 5.15. The van der Waals surface area contributed by atoms with Crippen molar-refractivity contribution in [2.75, 3.05) is 7.05 Å². The van der Waals surface area contributed by atoms with Crippen molar-refractivity contribution < 1.29 is 5.11 Å². The van der Waals surface area contributed by atoms with Crippen LogP contribution in [0.25, 0.3) is 10.4 Å². The third kappa shape index (κ3) is 1.86. The molecule has 4 heteroatoms. The molecule has 14 heavy (non-hydrogen) atoms. The van der Waals surface area contributed by atoms with Crippen molar-refractivity contribution >= 4 is 20.7 Å². The zero-order chi connectivity index (χ0) is 9.97. The SMILES string of the molecule is CN=c1cc(-c2ccc(O)cc2)ss1. The molecule has 1 heterocycles. The van der Waals surface area contributed by atoms with Gasteiger partial charge in [0.2, 0.25) is 0 Å². The Balaban J connectivity index is 2.44. The zero-order valence-corrected chi connectivity index (χ0v) is 9.23. The first-order chi connectivity index (χ1) is 6.79. The molecule has 2 nitrogen and oxygen atoms in total. The number of nitrogens with zero attached hydrogens (tertiary/aromatic N) is 1. The zero-order valence-electron chi connectivity index (χ0n) is 7.60. The highest BCUT2D eigenvalue weighted by Crippen LogP contribution is 2.26. The first-order valence-corrected chi connectivity index (χ1v) is 6.27. The summed E-state index contributed by atoms with van der Waals surface area (Å²) in [6.45, 7) is 0. The summed E-state index contributed by atoms with van der Waals surface area (Å²) in [6, 6.07) is 9.27. The molecule has 1 N–H and O–H groups in total. The summed E-state index contributed by atoms with van der Waals surface area (Å²) in [5, 5.41) is 9.14. The van der Waals surface area contributed by atoms with Gasteiger partial charge in [-0.05, 0) is 35.9 Å². The van der Waals surface area contributed by atoms with E-state index in [0.29, 0.717) is 5.75 Å². The predicted molar refractivity (Wildman–Crippen MR) is 60.8 cm³/mol. The first-order valence-electron chi connectivity index (χ1n) is 4.12. The molecule has 1 aromatic carbocycles. The van der Waals surface area contributed by atoms with Gasteiger partial charge in [0.25, 0.3) is 0 Å². The van der Waals surface area contributed by atoms with E-state index in [2.05, 4.69) is 11.1 Å². The molecule has 0 aliphatic carbocycles. The van der Waals surface area contributed by atoms with Crippen LogP contribution in [0.3, 0.4) is 0 Å². The van der Waals surface area contributed by atoms with Gasteiger partial charge in [-0.15, -0.1) is 0 Å². The Labute approximate surface area is 89.2 Å². The van der Waals surface area contributed by atoms with Gasteiger partial charge in [0, 0.05) is 11.9 Å². The first kappa shape index (κ1) is 9.43. The maximum Gasteiger partial charge on any atom is 0.121 e. The molecule has 72 valence electrons. The van der Waals surface area contributed by atoms with Crippen LogP contribution in [0.4, 0.5) is 0 Å². The highest BCUT2D eigenvalue weighted by molar-refractivity contribution is 7.69. The van der Waals surface area contributed by atoms with Crippen LogP contribution in [0, 0.1) is 0 Å². The molecule has 0 saturated carbocycles. The molecule has 0 saturated heterocycles. The van der Waals surface area contributed by atoms with Crippen LogP contribution in [0.2, 0.25) is 0 Å². The van der Waals surface area contributed by atoms with E-state index < -0.39 is 0 Å². The Hall–Kier alpha value is -1.13. The van der Waals surface area contributed by atoms with Gasteiger partial charge in [-0.2, -0.15) is 0 Å². The summed E-state index contributed by atoms with van der Waals surface area (Å²) in [5.41, 5.74) is 1.12. The van der Waals surface area contributed by atoms with Crippen LogP contribution < -0.4 is 4.67 Å². The fraction of sp³-hybridized carbons (Fsp3) is 0.100. The number of hydrogen-bond acceptors (Lipinski definition) is 4. The molecule has 0 spiro atoms. The van der Waals surface area contributed by atoms with Crippen molar-refractivity contribution in [2.24, 2.45) is 4.99 Å². The normalized spacial score (nSPS) is 11.9. The van der Waals surface area contributed by atoms with Crippen LogP contribution in [0.15, 0.2) is 35.3 Å². The lowest BCUT2D eigenvalue weighted by Gasteiger charge is -1.95. The molecular weight excluding hydrogens is 214 g/mol. The quantitative estimate of drug-likeness (QED) is 0.741. The molecule has 0 atom stereocenters. The third-order valence-electron chi connectivity index (χ3n) is 1.84. The molecule has 0 fully saturated rings. The Morgan fingerprint density at radius 3 is 2.43 bits per heavy atom. The van der Waals surface area contributed by atoms with Crippen LogP contribution in [-0.2, 0) is 0 Å². The van der Waals surface area contributed by atoms with E-state index in [1.165, 1.54) is 4.88 Å². The van der Waals surface area contributed by atoms with E-state index in [1.807, 2.05) is 12.1 Å². The standard InChI is InChI=1S/C10H9NOS2/c1-11-10-6-9(13-14-10)7-2-4-8(12)5-3-7/h2-6,12H,1H3. The van der Waals surface area contributed by atoms with Gasteiger partial charge < -0.3 is 5.11 Å². The van der Waals surface area contributed by atoms with E-state index in [0.717, 1.165) is 10.2 Å². The Morgan fingerprint density at radius 1 is 1.14 bits per heavy atom. The van der Waals surface area contributed by atoms with Gasteiger partial charge in [-0.1, -0.05) is 20.7 Å². The molecule has 1 aromatic heterocycles. The minimum atomic E-state index is 0.300. The summed E-state index contributed by atoms with van der Waals surface area (Å²) < 4.78 is 1.04. The molecule has 2 rings (SSSR count). The lowest BCUT2D eigenvalue weighted by atomic mass is 10.2. The molecule has 0 radical (unpaired) electrons. The van der Waals surface area contributed by atoms with Gasteiger partial charge in [-0.3, -0.25) is 4.99 Å². The second-order valence-corrected chi connectivity index (χ2v) is 4.98. The van der Waals surface area contributed by atoms with Crippen molar-refractivity contribution in [1.29, 1.82) is 0 Å². The molecule has 0 unspecified atom stereocenters. The van der Waals surface area contributed by atoms with Crippen molar-refractivity contribution in [1.82, 2.24) is 0 Å². The van der Waals surface area contributed by atoms with E-state index in [-0.39, 0.29) is 0 Å². The van der Waals surface area contributed by atoms with Crippen LogP contribution in [-0.4, -0.2) is 12.2 Å². The summed E-state index contributed by atoms with van der Waals surface area (Å²) in [5.74, 6) is 0.300. The van der Waals surface area contributed by atoms with Crippen LogP contribution in [0.1, 0.15) is 0 Å². The van der Waals surface area contributed by atoms with E-state index in [9.17, 15) is 0 Å². The Kier molecular flexibility index (Phi) is 2.65. The summed E-state index contributed by atoms with van der Waals surface area (Å²) >= 11 is 0. The molecule has 2 aromatic rings. The average molecular weight is 223 g/mol. The number of aromatic hydroxyl groups is 1. The van der Waals surface area contributed by atoms with Gasteiger partial charge >= 0.3 is 0 Å². The summed E-state index contributed by atoms with van der Waals surface area (Å²) in [6.07, 6.45) is 0. The Morgan fingerprint density at radius 2 is 1.86 bits per heavy atom. The fourth-order valence-electron chi connectivity index (χ4n) is 1.11. The smallest absolute Gasteiger partial charge is 0.121 e. The lowest BCUT2D eigenvalue weighted by molar-refractivity contribution is 0.475. The largest absolute Gasteiger partial charge is 0.508 e. The maximum absolute atomic E-state index is 9.14. The van der Waals surface area contributed by atoms with Gasteiger partial charge in [0.05, 0.1) is 0 Å². The maximum atomic E-state index is 9.14. The molecule has 0 amide bonds. The number of phenolic OH excluding ortho intramolecular Hbond substituents is 1. The molecule has 0 aliphatic heterocycles. The van der Waals surface area contributed by atoms with Crippen molar-refractivity contribution in [3.05, 3.63) is 35.0 Å². The van der Waals surface area contributed by atoms with Crippen LogP contribution >= 0.6 is 20.7 Å². The minimum absolute atomic E-state index is 0.300. The van der Waals surface area contributed by atoms with Crippen LogP contribution in [0.5, 0.6) is 5.75 Å². The molecule has 0 bridgehead atoms. The fourth-order valence-corrected chi connectivity index (χ4v) is 3.32. The lowest BCUT2D eigenvalue weighted by Crippen LogP contribution is -1.87. The minimum Gasteiger partial charge on any atom is -0.508 e. The topological polar surface area (TPSA) is 32.6 Å².